The molecule has 0 atom stereocenters. The van der Waals surface area contributed by atoms with Crippen LogP contribution in [0.5, 0.6) is 0 Å². The number of halogens is 3. The van der Waals surface area contributed by atoms with Crippen molar-refractivity contribution in [2.75, 3.05) is 10.6 Å². The van der Waals surface area contributed by atoms with E-state index in [1.807, 2.05) is 0 Å². The fourth-order valence-corrected chi connectivity index (χ4v) is 3.51. The topological polar surface area (TPSA) is 66.9 Å². The zero-order valence-electron chi connectivity index (χ0n) is 15.6. The van der Waals surface area contributed by atoms with Crippen LogP contribution in [0.3, 0.4) is 0 Å². The number of anilines is 2. The number of benzene rings is 2. The average Bonchev–Trinajstić information content (AvgIpc) is 3.15. The molecule has 0 aliphatic rings. The number of aromatic nitrogens is 2. The number of rotatable bonds is 6. The summed E-state index contributed by atoms with van der Waals surface area (Å²) < 4.78 is 39.1. The number of unbranched alkanes of at least 4 members (excludes halogenated alkanes) is 1. The van der Waals surface area contributed by atoms with Crippen molar-refractivity contribution in [3.05, 3.63) is 59.1 Å². The molecule has 1 aromatic heterocycles. The maximum absolute atomic E-state index is 13.0. The number of carbonyl (C=O) groups excluding carboxylic acids is 1. The Hall–Kier alpha value is -2.94. The monoisotopic (exact) mass is 420 g/mol. The maximum Gasteiger partial charge on any atom is 0.418 e. The molecule has 0 saturated heterocycles. The molecular formula is C20H19F3N4OS. The molecule has 2 amide bonds. The Labute approximate surface area is 170 Å². The lowest BCUT2D eigenvalue weighted by Gasteiger charge is -2.14. The summed E-state index contributed by atoms with van der Waals surface area (Å²) in [5.74, 6) is 0. The van der Waals surface area contributed by atoms with Gasteiger partial charge in [-0.15, -0.1) is 10.2 Å². The smallest absolute Gasteiger partial charge is 0.308 e. The fourth-order valence-electron chi connectivity index (χ4n) is 2.62. The number of aryl methyl sites for hydroxylation is 1. The second kappa shape index (κ2) is 9.04. The van der Waals surface area contributed by atoms with Crippen LogP contribution in [0.15, 0.2) is 48.5 Å². The number of carbonyl (C=O) groups is 1. The summed E-state index contributed by atoms with van der Waals surface area (Å²) in [5.41, 5.74) is 0.105. The summed E-state index contributed by atoms with van der Waals surface area (Å²) in [5, 5.41) is 14.9. The molecule has 152 valence electrons. The Morgan fingerprint density at radius 1 is 1.03 bits per heavy atom. The molecule has 0 saturated carbocycles. The minimum absolute atomic E-state index is 0.303. The van der Waals surface area contributed by atoms with Gasteiger partial charge >= 0.3 is 12.2 Å². The first-order chi connectivity index (χ1) is 13.9. The van der Waals surface area contributed by atoms with Gasteiger partial charge in [-0.25, -0.2) is 4.79 Å². The lowest BCUT2D eigenvalue weighted by Crippen LogP contribution is -2.21. The summed E-state index contributed by atoms with van der Waals surface area (Å²) >= 11 is 1.52. The van der Waals surface area contributed by atoms with Gasteiger partial charge in [0, 0.05) is 17.7 Å². The van der Waals surface area contributed by atoms with E-state index in [1.165, 1.54) is 29.5 Å². The molecule has 0 bridgehead atoms. The second-order valence-corrected chi connectivity index (χ2v) is 7.37. The molecule has 1 heterocycles. The van der Waals surface area contributed by atoms with Crippen molar-refractivity contribution >= 4 is 28.7 Å². The van der Waals surface area contributed by atoms with E-state index in [0.717, 1.165) is 40.9 Å². The van der Waals surface area contributed by atoms with Gasteiger partial charge in [-0.2, -0.15) is 13.2 Å². The molecular weight excluding hydrogens is 401 g/mol. The average molecular weight is 420 g/mol. The van der Waals surface area contributed by atoms with Crippen LogP contribution in [-0.2, 0) is 12.6 Å². The van der Waals surface area contributed by atoms with E-state index in [1.54, 1.807) is 24.3 Å². The molecule has 2 N–H and O–H groups in total. The number of para-hydroxylation sites is 1. The van der Waals surface area contributed by atoms with E-state index in [0.29, 0.717) is 5.69 Å². The van der Waals surface area contributed by atoms with E-state index in [-0.39, 0.29) is 5.69 Å². The van der Waals surface area contributed by atoms with Crippen molar-refractivity contribution in [2.45, 2.75) is 32.4 Å². The van der Waals surface area contributed by atoms with Crippen molar-refractivity contribution in [1.82, 2.24) is 10.2 Å². The molecule has 3 rings (SSSR count). The standard InChI is InChI=1S/C20H19F3N4OS/c1-2-3-8-17-26-27-18(29-17)13-9-11-14(12-10-13)24-19(28)25-16-7-5-4-6-15(16)20(21,22)23/h4-7,9-12H,2-3,8H2,1H3,(H2,24,25,28). The van der Waals surface area contributed by atoms with Crippen molar-refractivity contribution in [3.63, 3.8) is 0 Å². The molecule has 3 aromatic rings. The van der Waals surface area contributed by atoms with Gasteiger partial charge in [0.05, 0.1) is 11.3 Å². The highest BCUT2D eigenvalue weighted by molar-refractivity contribution is 7.14. The van der Waals surface area contributed by atoms with Gasteiger partial charge < -0.3 is 10.6 Å². The fraction of sp³-hybridized carbons (Fsp3) is 0.250. The minimum Gasteiger partial charge on any atom is -0.308 e. The van der Waals surface area contributed by atoms with Crippen LogP contribution in [0.25, 0.3) is 10.6 Å². The van der Waals surface area contributed by atoms with Gasteiger partial charge in [-0.3, -0.25) is 0 Å². The van der Waals surface area contributed by atoms with Crippen LogP contribution < -0.4 is 10.6 Å². The van der Waals surface area contributed by atoms with Gasteiger partial charge in [0.2, 0.25) is 0 Å². The molecule has 0 fully saturated rings. The zero-order chi connectivity index (χ0) is 20.9. The number of amides is 2. The van der Waals surface area contributed by atoms with Gasteiger partial charge in [0.1, 0.15) is 10.0 Å². The zero-order valence-corrected chi connectivity index (χ0v) is 16.4. The number of nitrogens with zero attached hydrogens (tertiary/aromatic N) is 2. The first-order valence-corrected chi connectivity index (χ1v) is 9.85. The molecule has 0 spiro atoms. The van der Waals surface area contributed by atoms with Crippen molar-refractivity contribution in [2.24, 2.45) is 0 Å². The van der Waals surface area contributed by atoms with Crippen molar-refractivity contribution in [3.8, 4) is 10.6 Å². The highest BCUT2D eigenvalue weighted by atomic mass is 32.1. The third kappa shape index (κ3) is 5.54. The molecule has 5 nitrogen and oxygen atoms in total. The third-order valence-electron chi connectivity index (χ3n) is 4.08. The number of hydrogen-bond acceptors (Lipinski definition) is 4. The summed E-state index contributed by atoms with van der Waals surface area (Å²) in [6.07, 6.45) is -1.51. The number of urea groups is 1. The van der Waals surface area contributed by atoms with Crippen molar-refractivity contribution < 1.29 is 18.0 Å². The highest BCUT2D eigenvalue weighted by Gasteiger charge is 2.33. The van der Waals surface area contributed by atoms with Crippen LogP contribution >= 0.6 is 11.3 Å². The van der Waals surface area contributed by atoms with E-state index in [2.05, 4.69) is 27.8 Å². The molecule has 9 heteroatoms. The predicted octanol–water partition coefficient (Wildman–Crippen LogP) is 6.21. The van der Waals surface area contributed by atoms with Gasteiger partial charge in [-0.05, 0) is 42.8 Å². The Balaban J connectivity index is 1.64. The van der Waals surface area contributed by atoms with Gasteiger partial charge in [0.15, 0.2) is 0 Å². The van der Waals surface area contributed by atoms with E-state index >= 15 is 0 Å². The summed E-state index contributed by atoms with van der Waals surface area (Å²) in [6.45, 7) is 2.12. The number of hydrogen-bond donors (Lipinski definition) is 2. The number of alkyl halides is 3. The normalized spacial score (nSPS) is 11.3. The summed E-state index contributed by atoms with van der Waals surface area (Å²) in [4.78, 5) is 12.1. The molecule has 0 aliphatic carbocycles. The summed E-state index contributed by atoms with van der Waals surface area (Å²) in [6, 6.07) is 11.0. The SMILES string of the molecule is CCCCc1nnc(-c2ccc(NC(=O)Nc3ccccc3C(F)(F)F)cc2)s1. The predicted molar refractivity (Wildman–Crippen MR) is 108 cm³/mol. The minimum atomic E-state index is -4.55. The van der Waals surface area contributed by atoms with Crippen LogP contribution in [0.1, 0.15) is 30.3 Å². The van der Waals surface area contributed by atoms with E-state index < -0.39 is 17.8 Å². The molecule has 0 unspecified atom stereocenters. The van der Waals surface area contributed by atoms with Crippen LogP contribution in [0.4, 0.5) is 29.3 Å². The van der Waals surface area contributed by atoms with Crippen LogP contribution in [-0.4, -0.2) is 16.2 Å². The first kappa shape index (κ1) is 20.8. The summed E-state index contributed by atoms with van der Waals surface area (Å²) in [7, 11) is 0. The Kier molecular flexibility index (Phi) is 6.48. The number of nitrogens with one attached hydrogen (secondary N) is 2. The van der Waals surface area contributed by atoms with Crippen LogP contribution in [0.2, 0.25) is 0 Å². The van der Waals surface area contributed by atoms with Crippen molar-refractivity contribution in [1.29, 1.82) is 0 Å². The highest BCUT2D eigenvalue weighted by Crippen LogP contribution is 2.34. The first-order valence-electron chi connectivity index (χ1n) is 9.04. The lowest BCUT2D eigenvalue weighted by atomic mass is 10.1. The Morgan fingerprint density at radius 2 is 1.76 bits per heavy atom. The molecule has 2 aromatic carbocycles. The third-order valence-corrected chi connectivity index (χ3v) is 5.11. The van der Waals surface area contributed by atoms with Gasteiger partial charge in [0.25, 0.3) is 0 Å². The maximum atomic E-state index is 13.0. The molecule has 29 heavy (non-hydrogen) atoms. The Bertz CT molecular complexity index is 970. The largest absolute Gasteiger partial charge is 0.418 e. The molecule has 0 radical (unpaired) electrons. The quantitative estimate of drug-likeness (QED) is 0.498. The van der Waals surface area contributed by atoms with Gasteiger partial charge in [-0.1, -0.05) is 36.8 Å². The Morgan fingerprint density at radius 3 is 2.45 bits per heavy atom. The van der Waals surface area contributed by atoms with Crippen LogP contribution in [0, 0.1) is 0 Å². The lowest BCUT2D eigenvalue weighted by molar-refractivity contribution is -0.136. The van der Waals surface area contributed by atoms with E-state index in [4.69, 9.17) is 0 Å². The molecule has 0 aliphatic heterocycles. The van der Waals surface area contributed by atoms with E-state index in [9.17, 15) is 18.0 Å². The second-order valence-electron chi connectivity index (χ2n) is 6.30.